The Morgan fingerprint density at radius 1 is 1.47 bits per heavy atom. The van der Waals surface area contributed by atoms with Crippen LogP contribution in [0, 0.1) is 0 Å². The summed E-state index contributed by atoms with van der Waals surface area (Å²) in [6.45, 7) is 0.736. The topological polar surface area (TPSA) is 42.7 Å². The van der Waals surface area contributed by atoms with Crippen molar-refractivity contribution in [3.05, 3.63) is 35.1 Å². The number of rotatable bonds is 4. The fraction of sp³-hybridized carbons (Fsp3) is 0.273. The number of halogens is 1. The molecule has 0 atom stereocenters. The average molecular weight is 269 g/mol. The Balaban J connectivity index is 2.32. The van der Waals surface area contributed by atoms with Crippen LogP contribution in [0.1, 0.15) is 5.56 Å². The maximum absolute atomic E-state index is 6.19. The van der Waals surface area contributed by atoms with E-state index in [0.717, 1.165) is 27.2 Å². The Kier molecular flexibility index (Phi) is 4.04. The number of aromatic nitrogens is 3. The molecule has 0 saturated heterocycles. The maximum atomic E-state index is 6.19. The molecule has 4 nitrogen and oxygen atoms in total. The van der Waals surface area contributed by atoms with Crippen LogP contribution >= 0.6 is 23.4 Å². The van der Waals surface area contributed by atoms with Crippen LogP contribution in [0.3, 0.4) is 0 Å². The van der Waals surface area contributed by atoms with Crippen molar-refractivity contribution in [1.29, 1.82) is 0 Å². The third kappa shape index (κ3) is 2.80. The van der Waals surface area contributed by atoms with Gasteiger partial charge in [0.2, 0.25) is 0 Å². The first-order valence-corrected chi connectivity index (χ1v) is 6.35. The van der Waals surface area contributed by atoms with Gasteiger partial charge in [-0.3, -0.25) is 0 Å². The van der Waals surface area contributed by atoms with Crippen LogP contribution < -0.4 is 5.32 Å². The molecule has 0 saturated carbocycles. The van der Waals surface area contributed by atoms with E-state index in [9.17, 15) is 0 Å². The molecular formula is C11H13ClN4S. The van der Waals surface area contributed by atoms with Gasteiger partial charge in [0.15, 0.2) is 5.16 Å². The minimum Gasteiger partial charge on any atom is -0.316 e. The smallest absolute Gasteiger partial charge is 0.195 e. The predicted molar refractivity (Wildman–Crippen MR) is 69.3 cm³/mol. The zero-order chi connectivity index (χ0) is 12.3. The summed E-state index contributed by atoms with van der Waals surface area (Å²) in [6.07, 6.45) is 1.69. The summed E-state index contributed by atoms with van der Waals surface area (Å²) < 4.78 is 1.88. The SMILES string of the molecule is CNCc1c(Cl)cccc1Sc1nncn1C. The Labute approximate surface area is 109 Å². The molecule has 0 aliphatic rings. The highest BCUT2D eigenvalue weighted by Gasteiger charge is 2.10. The molecular weight excluding hydrogens is 256 g/mol. The molecule has 90 valence electrons. The average Bonchev–Trinajstić information content (AvgIpc) is 2.70. The summed E-state index contributed by atoms with van der Waals surface area (Å²) >= 11 is 7.76. The number of aryl methyl sites for hydroxylation is 1. The van der Waals surface area contributed by atoms with Crippen LogP contribution in [0.4, 0.5) is 0 Å². The van der Waals surface area contributed by atoms with Gasteiger partial charge in [-0.2, -0.15) is 0 Å². The van der Waals surface area contributed by atoms with Crippen molar-refractivity contribution in [3.63, 3.8) is 0 Å². The normalized spacial score (nSPS) is 10.8. The molecule has 0 spiro atoms. The molecule has 0 radical (unpaired) electrons. The monoisotopic (exact) mass is 268 g/mol. The first-order valence-electron chi connectivity index (χ1n) is 5.16. The molecule has 2 aromatic rings. The molecule has 0 fully saturated rings. The molecule has 6 heteroatoms. The lowest BCUT2D eigenvalue weighted by Gasteiger charge is -2.09. The van der Waals surface area contributed by atoms with E-state index in [1.807, 2.05) is 36.9 Å². The standard InChI is InChI=1S/C11H13ClN4S/c1-13-6-8-9(12)4-3-5-10(8)17-11-15-14-7-16(11)2/h3-5,7,13H,6H2,1-2H3. The third-order valence-electron chi connectivity index (χ3n) is 2.30. The number of hydrogen-bond acceptors (Lipinski definition) is 4. The molecule has 1 N–H and O–H groups in total. The minimum atomic E-state index is 0.736. The van der Waals surface area contributed by atoms with Crippen molar-refractivity contribution in [3.8, 4) is 0 Å². The summed E-state index contributed by atoms with van der Waals surface area (Å²) in [5, 5.41) is 12.7. The van der Waals surface area contributed by atoms with Crippen molar-refractivity contribution in [1.82, 2.24) is 20.1 Å². The highest BCUT2D eigenvalue weighted by atomic mass is 35.5. The molecule has 0 amide bonds. The second kappa shape index (κ2) is 5.53. The van der Waals surface area contributed by atoms with Crippen molar-refractivity contribution in [2.45, 2.75) is 16.6 Å². The van der Waals surface area contributed by atoms with Crippen LogP contribution in [0.25, 0.3) is 0 Å². The van der Waals surface area contributed by atoms with Gasteiger partial charge in [-0.05, 0) is 36.5 Å². The van der Waals surface area contributed by atoms with Crippen LogP contribution in [0.5, 0.6) is 0 Å². The van der Waals surface area contributed by atoms with Crippen LogP contribution in [0.2, 0.25) is 5.02 Å². The minimum absolute atomic E-state index is 0.736. The lowest BCUT2D eigenvalue weighted by atomic mass is 10.2. The number of nitrogens with one attached hydrogen (secondary N) is 1. The van der Waals surface area contributed by atoms with Gasteiger partial charge in [-0.25, -0.2) is 0 Å². The van der Waals surface area contributed by atoms with Crippen LogP contribution in [0.15, 0.2) is 34.6 Å². The fourth-order valence-electron chi connectivity index (χ4n) is 1.45. The summed E-state index contributed by atoms with van der Waals surface area (Å²) in [4.78, 5) is 1.10. The number of nitrogens with zero attached hydrogens (tertiary/aromatic N) is 3. The molecule has 17 heavy (non-hydrogen) atoms. The molecule has 0 aliphatic heterocycles. The largest absolute Gasteiger partial charge is 0.316 e. The van der Waals surface area contributed by atoms with E-state index in [4.69, 9.17) is 11.6 Å². The van der Waals surface area contributed by atoms with Crippen LogP contribution in [-0.4, -0.2) is 21.8 Å². The first-order chi connectivity index (χ1) is 8.22. The molecule has 1 heterocycles. The van der Waals surface area contributed by atoms with Gasteiger partial charge in [0.25, 0.3) is 0 Å². The van der Waals surface area contributed by atoms with E-state index < -0.39 is 0 Å². The van der Waals surface area contributed by atoms with E-state index in [1.165, 1.54) is 0 Å². The van der Waals surface area contributed by atoms with Crippen molar-refractivity contribution in [2.24, 2.45) is 7.05 Å². The Hall–Kier alpha value is -1.04. The van der Waals surface area contributed by atoms with Gasteiger partial charge in [-0.15, -0.1) is 10.2 Å². The Morgan fingerprint density at radius 2 is 2.29 bits per heavy atom. The highest BCUT2D eigenvalue weighted by Crippen LogP contribution is 2.32. The number of hydrogen-bond donors (Lipinski definition) is 1. The van der Waals surface area contributed by atoms with E-state index in [-0.39, 0.29) is 0 Å². The zero-order valence-electron chi connectivity index (χ0n) is 9.64. The molecule has 1 aromatic heterocycles. The second-order valence-electron chi connectivity index (χ2n) is 3.57. The lowest BCUT2D eigenvalue weighted by molar-refractivity contribution is 0.782. The summed E-state index contributed by atoms with van der Waals surface area (Å²) in [5.41, 5.74) is 1.09. The van der Waals surface area contributed by atoms with Gasteiger partial charge < -0.3 is 9.88 Å². The van der Waals surface area contributed by atoms with Gasteiger partial charge in [0.05, 0.1) is 0 Å². The molecule has 2 rings (SSSR count). The van der Waals surface area contributed by atoms with E-state index >= 15 is 0 Å². The quantitative estimate of drug-likeness (QED) is 0.924. The first kappa shape index (κ1) is 12.4. The summed E-state index contributed by atoms with van der Waals surface area (Å²) in [7, 11) is 3.82. The van der Waals surface area contributed by atoms with Gasteiger partial charge in [0, 0.05) is 23.5 Å². The second-order valence-corrected chi connectivity index (χ2v) is 4.99. The highest BCUT2D eigenvalue weighted by molar-refractivity contribution is 7.99. The maximum Gasteiger partial charge on any atom is 0.195 e. The molecule has 1 aromatic carbocycles. The van der Waals surface area contributed by atoms with Crippen LogP contribution in [-0.2, 0) is 13.6 Å². The van der Waals surface area contributed by atoms with E-state index in [0.29, 0.717) is 0 Å². The fourth-order valence-corrected chi connectivity index (χ4v) is 2.67. The van der Waals surface area contributed by atoms with Gasteiger partial charge in [-0.1, -0.05) is 17.7 Å². The third-order valence-corrected chi connectivity index (χ3v) is 3.81. The van der Waals surface area contributed by atoms with Crippen molar-refractivity contribution < 1.29 is 0 Å². The van der Waals surface area contributed by atoms with Crippen molar-refractivity contribution >= 4 is 23.4 Å². The number of benzene rings is 1. The summed E-state index contributed by atoms with van der Waals surface area (Å²) in [6, 6.07) is 5.88. The zero-order valence-corrected chi connectivity index (χ0v) is 11.2. The predicted octanol–water partition coefficient (Wildman–Crippen LogP) is 2.34. The summed E-state index contributed by atoms with van der Waals surface area (Å²) in [5.74, 6) is 0. The van der Waals surface area contributed by atoms with E-state index in [1.54, 1.807) is 18.1 Å². The Morgan fingerprint density at radius 3 is 2.94 bits per heavy atom. The molecule has 0 bridgehead atoms. The van der Waals surface area contributed by atoms with E-state index in [2.05, 4.69) is 15.5 Å². The molecule has 0 aliphatic carbocycles. The lowest BCUT2D eigenvalue weighted by Crippen LogP contribution is -2.07. The molecule has 0 unspecified atom stereocenters. The van der Waals surface area contributed by atoms with Crippen molar-refractivity contribution in [2.75, 3.05) is 7.05 Å². The Bertz CT molecular complexity index is 512. The van der Waals surface area contributed by atoms with Gasteiger partial charge >= 0.3 is 0 Å². The van der Waals surface area contributed by atoms with Gasteiger partial charge in [0.1, 0.15) is 6.33 Å².